The Labute approximate surface area is 157 Å². The predicted octanol–water partition coefficient (Wildman–Crippen LogP) is 3.62. The summed E-state index contributed by atoms with van der Waals surface area (Å²) >= 11 is 5.58. The first-order chi connectivity index (χ1) is 12.1. The zero-order chi connectivity index (χ0) is 17.7. The zero-order valence-electron chi connectivity index (χ0n) is 15.6. The number of aryl methyl sites for hydroxylation is 2. The maximum atomic E-state index is 5.58. The summed E-state index contributed by atoms with van der Waals surface area (Å²) in [6, 6.07) is 6.45. The number of rotatable bonds is 4. The van der Waals surface area contributed by atoms with Crippen molar-refractivity contribution in [1.29, 1.82) is 0 Å². The van der Waals surface area contributed by atoms with E-state index in [-0.39, 0.29) is 5.54 Å². The van der Waals surface area contributed by atoms with Crippen molar-refractivity contribution in [2.45, 2.75) is 51.5 Å². The summed E-state index contributed by atoms with van der Waals surface area (Å²) in [6.45, 7) is 8.94. The highest BCUT2D eigenvalue weighted by Crippen LogP contribution is 2.33. The zero-order valence-corrected chi connectivity index (χ0v) is 16.4. The molecule has 0 amide bonds. The maximum Gasteiger partial charge on any atom is 0.170 e. The molecule has 2 aliphatic rings. The van der Waals surface area contributed by atoms with Crippen LogP contribution in [-0.4, -0.2) is 48.4 Å². The molecule has 0 atom stereocenters. The van der Waals surface area contributed by atoms with Crippen LogP contribution in [0.15, 0.2) is 18.2 Å². The van der Waals surface area contributed by atoms with Crippen molar-refractivity contribution < 1.29 is 4.74 Å². The van der Waals surface area contributed by atoms with E-state index in [0.717, 1.165) is 43.6 Å². The second kappa shape index (κ2) is 8.47. The molecule has 1 saturated carbocycles. The molecule has 5 heteroatoms. The van der Waals surface area contributed by atoms with E-state index in [2.05, 4.69) is 47.6 Å². The number of ether oxygens (including phenoxy) is 1. The van der Waals surface area contributed by atoms with E-state index in [1.54, 1.807) is 0 Å². The van der Waals surface area contributed by atoms with Gasteiger partial charge in [-0.05, 0) is 62.2 Å². The van der Waals surface area contributed by atoms with E-state index < -0.39 is 0 Å². The van der Waals surface area contributed by atoms with Crippen molar-refractivity contribution in [2.24, 2.45) is 0 Å². The van der Waals surface area contributed by atoms with Gasteiger partial charge in [0.25, 0.3) is 0 Å². The van der Waals surface area contributed by atoms with Crippen molar-refractivity contribution in [3.8, 4) is 0 Å². The monoisotopic (exact) mass is 361 g/mol. The molecule has 1 aromatic carbocycles. The average molecular weight is 362 g/mol. The second-order valence-electron chi connectivity index (χ2n) is 7.57. The van der Waals surface area contributed by atoms with Crippen molar-refractivity contribution in [1.82, 2.24) is 10.2 Å². The molecule has 1 saturated heterocycles. The van der Waals surface area contributed by atoms with Gasteiger partial charge in [-0.1, -0.05) is 25.3 Å². The molecule has 3 rings (SSSR count). The molecule has 0 spiro atoms. The lowest BCUT2D eigenvalue weighted by Crippen LogP contribution is -2.60. The lowest BCUT2D eigenvalue weighted by Gasteiger charge is -2.48. The molecule has 0 bridgehead atoms. The number of thiocarbonyl (C=S) groups is 1. The van der Waals surface area contributed by atoms with Crippen LogP contribution in [-0.2, 0) is 4.74 Å². The van der Waals surface area contributed by atoms with Gasteiger partial charge < -0.3 is 15.4 Å². The van der Waals surface area contributed by atoms with Crippen LogP contribution in [0.2, 0.25) is 0 Å². The van der Waals surface area contributed by atoms with Crippen molar-refractivity contribution in [3.63, 3.8) is 0 Å². The fourth-order valence-corrected chi connectivity index (χ4v) is 4.51. The minimum absolute atomic E-state index is 0.232. The van der Waals surface area contributed by atoms with Crippen LogP contribution >= 0.6 is 12.2 Å². The Morgan fingerprint density at radius 1 is 1.08 bits per heavy atom. The summed E-state index contributed by atoms with van der Waals surface area (Å²) in [6.07, 6.45) is 6.50. The molecule has 4 nitrogen and oxygen atoms in total. The molecule has 1 aromatic rings. The fourth-order valence-electron chi connectivity index (χ4n) is 4.32. The minimum Gasteiger partial charge on any atom is -0.379 e. The summed E-state index contributed by atoms with van der Waals surface area (Å²) in [5.74, 6) is 0. The van der Waals surface area contributed by atoms with Crippen LogP contribution in [0.1, 0.15) is 43.2 Å². The normalized spacial score (nSPS) is 20.9. The van der Waals surface area contributed by atoms with Gasteiger partial charge in [-0.15, -0.1) is 0 Å². The van der Waals surface area contributed by atoms with Gasteiger partial charge in [-0.25, -0.2) is 0 Å². The van der Waals surface area contributed by atoms with E-state index in [0.29, 0.717) is 0 Å². The van der Waals surface area contributed by atoms with Gasteiger partial charge in [0.1, 0.15) is 0 Å². The van der Waals surface area contributed by atoms with Crippen molar-refractivity contribution in [2.75, 3.05) is 38.2 Å². The molecule has 2 N–H and O–H groups in total. The third-order valence-corrected chi connectivity index (χ3v) is 5.77. The number of nitrogens with zero attached hydrogens (tertiary/aromatic N) is 1. The summed E-state index contributed by atoms with van der Waals surface area (Å²) in [4.78, 5) is 2.64. The Morgan fingerprint density at radius 2 is 1.72 bits per heavy atom. The molecule has 25 heavy (non-hydrogen) atoms. The van der Waals surface area contributed by atoms with Gasteiger partial charge >= 0.3 is 0 Å². The molecule has 2 fully saturated rings. The van der Waals surface area contributed by atoms with Gasteiger partial charge in [-0.2, -0.15) is 0 Å². The van der Waals surface area contributed by atoms with Gasteiger partial charge in [0.2, 0.25) is 0 Å². The number of benzene rings is 1. The third-order valence-electron chi connectivity index (χ3n) is 5.52. The molecule has 1 heterocycles. The first-order valence-corrected chi connectivity index (χ1v) is 9.94. The van der Waals surface area contributed by atoms with Crippen LogP contribution in [0.3, 0.4) is 0 Å². The quantitative estimate of drug-likeness (QED) is 0.801. The number of morpholine rings is 1. The van der Waals surface area contributed by atoms with Crippen LogP contribution < -0.4 is 10.6 Å². The standard InChI is InChI=1S/C20H31N3OS/c1-16-12-17(2)14-18(13-16)22-19(25)21-15-20(6-4-3-5-7-20)23-8-10-24-11-9-23/h12-14H,3-11,15H2,1-2H3,(H2,21,22,25). The Morgan fingerprint density at radius 3 is 2.36 bits per heavy atom. The topological polar surface area (TPSA) is 36.5 Å². The summed E-state index contributed by atoms with van der Waals surface area (Å²) in [7, 11) is 0. The van der Waals surface area contributed by atoms with Gasteiger partial charge in [0.05, 0.1) is 13.2 Å². The number of anilines is 1. The highest BCUT2D eigenvalue weighted by molar-refractivity contribution is 7.80. The molecular weight excluding hydrogens is 330 g/mol. The van der Waals surface area contributed by atoms with E-state index in [1.807, 2.05) is 0 Å². The summed E-state index contributed by atoms with van der Waals surface area (Å²) in [5.41, 5.74) is 3.81. The molecule has 138 valence electrons. The van der Waals surface area contributed by atoms with Crippen LogP contribution in [0, 0.1) is 13.8 Å². The fraction of sp³-hybridized carbons (Fsp3) is 0.650. The molecule has 0 unspecified atom stereocenters. The Balaban J connectivity index is 1.61. The Hall–Kier alpha value is -1.17. The molecular formula is C20H31N3OS. The van der Waals surface area contributed by atoms with E-state index >= 15 is 0 Å². The SMILES string of the molecule is Cc1cc(C)cc(NC(=S)NCC2(N3CCOCC3)CCCCC2)c1. The number of nitrogens with one attached hydrogen (secondary N) is 2. The molecule has 0 radical (unpaired) electrons. The van der Waals surface area contributed by atoms with E-state index in [1.165, 1.54) is 43.2 Å². The first-order valence-electron chi connectivity index (χ1n) is 9.53. The van der Waals surface area contributed by atoms with Crippen LogP contribution in [0.25, 0.3) is 0 Å². The smallest absolute Gasteiger partial charge is 0.170 e. The highest BCUT2D eigenvalue weighted by Gasteiger charge is 2.38. The Bertz CT molecular complexity index is 572. The van der Waals surface area contributed by atoms with Crippen molar-refractivity contribution in [3.05, 3.63) is 29.3 Å². The molecule has 1 aliphatic carbocycles. The molecule has 0 aromatic heterocycles. The largest absolute Gasteiger partial charge is 0.379 e. The van der Waals surface area contributed by atoms with Gasteiger partial charge in [-0.3, -0.25) is 4.90 Å². The maximum absolute atomic E-state index is 5.58. The summed E-state index contributed by atoms with van der Waals surface area (Å²) in [5, 5.41) is 7.60. The lowest BCUT2D eigenvalue weighted by atomic mass is 9.80. The predicted molar refractivity (Wildman–Crippen MR) is 108 cm³/mol. The summed E-state index contributed by atoms with van der Waals surface area (Å²) < 4.78 is 5.56. The van der Waals surface area contributed by atoms with Gasteiger partial charge in [0, 0.05) is 30.9 Å². The average Bonchev–Trinajstić information content (AvgIpc) is 2.61. The molecule has 1 aliphatic heterocycles. The minimum atomic E-state index is 0.232. The van der Waals surface area contributed by atoms with Gasteiger partial charge in [0.15, 0.2) is 5.11 Å². The number of hydrogen-bond donors (Lipinski definition) is 2. The van der Waals surface area contributed by atoms with Crippen molar-refractivity contribution >= 4 is 23.0 Å². The first kappa shape index (κ1) is 18.6. The number of hydrogen-bond acceptors (Lipinski definition) is 3. The van der Waals surface area contributed by atoms with Crippen LogP contribution in [0.4, 0.5) is 5.69 Å². The highest BCUT2D eigenvalue weighted by atomic mass is 32.1. The lowest BCUT2D eigenvalue weighted by molar-refractivity contribution is -0.0351. The Kier molecular flexibility index (Phi) is 6.31. The van der Waals surface area contributed by atoms with Crippen LogP contribution in [0.5, 0.6) is 0 Å². The second-order valence-corrected chi connectivity index (χ2v) is 7.98. The van der Waals surface area contributed by atoms with E-state index in [4.69, 9.17) is 17.0 Å². The third kappa shape index (κ3) is 4.93. The van der Waals surface area contributed by atoms with E-state index in [9.17, 15) is 0 Å².